The molecule has 1 saturated heterocycles. The molecule has 3 rings (SSSR count). The van der Waals surface area contributed by atoms with Crippen LogP contribution in [0.25, 0.3) is 0 Å². The van der Waals surface area contributed by atoms with E-state index in [-0.39, 0.29) is 24.5 Å². The van der Waals surface area contributed by atoms with Crippen molar-refractivity contribution in [3.8, 4) is 5.75 Å². The third-order valence-electron chi connectivity index (χ3n) is 4.80. The van der Waals surface area contributed by atoms with Crippen LogP contribution in [0, 0.1) is 12.7 Å². The van der Waals surface area contributed by atoms with E-state index in [1.165, 1.54) is 24.1 Å². The number of hydrogen-bond acceptors (Lipinski definition) is 4. The van der Waals surface area contributed by atoms with E-state index in [2.05, 4.69) is 5.32 Å². The van der Waals surface area contributed by atoms with Gasteiger partial charge in [-0.25, -0.2) is 4.39 Å². The summed E-state index contributed by atoms with van der Waals surface area (Å²) < 4.78 is 18.7. The molecule has 2 aromatic rings. The predicted octanol–water partition coefficient (Wildman–Crippen LogP) is 3.23. The lowest BCUT2D eigenvalue weighted by molar-refractivity contribution is -0.149. The Morgan fingerprint density at radius 3 is 2.69 bits per heavy atom. The number of ether oxygens (including phenoxy) is 1. The Morgan fingerprint density at radius 1 is 1.31 bits per heavy atom. The van der Waals surface area contributed by atoms with E-state index in [0.29, 0.717) is 22.0 Å². The van der Waals surface area contributed by atoms with E-state index >= 15 is 0 Å². The van der Waals surface area contributed by atoms with Crippen molar-refractivity contribution in [2.24, 2.45) is 0 Å². The second kappa shape index (κ2) is 8.18. The van der Waals surface area contributed by atoms with Gasteiger partial charge in [0.1, 0.15) is 11.6 Å². The number of benzene rings is 2. The van der Waals surface area contributed by atoms with Gasteiger partial charge in [-0.15, -0.1) is 0 Å². The number of halogens is 3. The number of aryl methyl sites for hydroxylation is 1. The van der Waals surface area contributed by atoms with Crippen LogP contribution in [0.1, 0.15) is 17.5 Å². The summed E-state index contributed by atoms with van der Waals surface area (Å²) in [5, 5.41) is 13.9. The van der Waals surface area contributed by atoms with E-state index in [4.69, 9.17) is 27.9 Å². The van der Waals surface area contributed by atoms with Gasteiger partial charge in [-0.05, 0) is 42.3 Å². The van der Waals surface area contributed by atoms with Crippen molar-refractivity contribution in [3.05, 3.63) is 57.3 Å². The molecule has 1 fully saturated rings. The second-order valence-electron chi connectivity index (χ2n) is 6.80. The second-order valence-corrected chi connectivity index (χ2v) is 7.64. The number of hydrogen-bond donors (Lipinski definition) is 2. The molecule has 0 saturated carbocycles. The van der Waals surface area contributed by atoms with Crippen molar-refractivity contribution in [2.75, 3.05) is 18.6 Å². The summed E-state index contributed by atoms with van der Waals surface area (Å²) in [6.07, 6.45) is -0.105. The third-order valence-corrected chi connectivity index (χ3v) is 5.42. The fraction of sp³-hybridized carbons (Fsp3) is 0.300. The lowest BCUT2D eigenvalue weighted by atomic mass is 10.0. The van der Waals surface area contributed by atoms with E-state index in [0.717, 1.165) is 11.6 Å². The Balaban J connectivity index is 1.78. The molecule has 2 N–H and O–H groups in total. The summed E-state index contributed by atoms with van der Waals surface area (Å²) in [6, 6.07) is 7.07. The number of nitrogens with one attached hydrogen (secondary N) is 1. The van der Waals surface area contributed by atoms with Gasteiger partial charge in [-0.3, -0.25) is 9.59 Å². The van der Waals surface area contributed by atoms with Crippen molar-refractivity contribution in [2.45, 2.75) is 25.5 Å². The molecule has 1 aliphatic heterocycles. The van der Waals surface area contributed by atoms with E-state index < -0.39 is 23.2 Å². The van der Waals surface area contributed by atoms with Gasteiger partial charge in [0, 0.05) is 35.6 Å². The topological polar surface area (TPSA) is 78.9 Å². The van der Waals surface area contributed by atoms with Gasteiger partial charge in [0.15, 0.2) is 0 Å². The molecular formula is C20H19Cl2FN2O4. The summed E-state index contributed by atoms with van der Waals surface area (Å²) in [7, 11) is 1.44. The number of anilines is 1. The zero-order valence-corrected chi connectivity index (χ0v) is 17.3. The van der Waals surface area contributed by atoms with Gasteiger partial charge in [0.2, 0.25) is 5.60 Å². The Hall–Kier alpha value is -2.35. The molecular weight excluding hydrogens is 422 g/mol. The largest absolute Gasteiger partial charge is 0.495 e. The molecule has 9 heteroatoms. The van der Waals surface area contributed by atoms with E-state index in [9.17, 15) is 19.1 Å². The average Bonchev–Trinajstić information content (AvgIpc) is 2.97. The number of carbonyl (C=O) groups is 2. The summed E-state index contributed by atoms with van der Waals surface area (Å²) in [6.45, 7) is 1.80. The van der Waals surface area contributed by atoms with Crippen LogP contribution in [0.2, 0.25) is 10.0 Å². The van der Waals surface area contributed by atoms with Gasteiger partial charge in [0.05, 0.1) is 12.8 Å². The Morgan fingerprint density at radius 2 is 2.03 bits per heavy atom. The first-order valence-electron chi connectivity index (χ1n) is 8.77. The first kappa shape index (κ1) is 21.4. The molecule has 1 unspecified atom stereocenters. The van der Waals surface area contributed by atoms with Gasteiger partial charge < -0.3 is 20.1 Å². The minimum atomic E-state index is -2.24. The number of amides is 2. The van der Waals surface area contributed by atoms with E-state index in [1.807, 2.05) is 0 Å². The molecule has 1 heterocycles. The smallest absolute Gasteiger partial charge is 0.268 e. The first-order chi connectivity index (χ1) is 13.7. The lowest BCUT2D eigenvalue weighted by Gasteiger charge is -2.23. The lowest BCUT2D eigenvalue weighted by Crippen LogP contribution is -2.52. The van der Waals surface area contributed by atoms with Crippen LogP contribution < -0.4 is 15.0 Å². The molecule has 2 amide bonds. The van der Waals surface area contributed by atoms with Gasteiger partial charge in [-0.1, -0.05) is 23.2 Å². The summed E-state index contributed by atoms with van der Waals surface area (Å²) in [4.78, 5) is 26.8. The quantitative estimate of drug-likeness (QED) is 0.699. The maximum absolute atomic E-state index is 13.4. The van der Waals surface area contributed by atoms with E-state index in [1.54, 1.807) is 19.1 Å². The first-order valence-corrected chi connectivity index (χ1v) is 9.53. The standard InChI is InChI=1S/C20H19Cl2FN2O4/c1-11-5-16(17(29-2)9-15(11)22)25-4-3-20(28,19(25)27)18(26)24-10-12-6-13(21)8-14(23)7-12/h5-9,28H,3-4,10H2,1-2H3,(H,24,26). The normalized spacial score (nSPS) is 18.8. The van der Waals surface area contributed by atoms with Crippen molar-refractivity contribution in [1.29, 1.82) is 0 Å². The maximum atomic E-state index is 13.4. The fourth-order valence-electron chi connectivity index (χ4n) is 3.21. The molecule has 1 atom stereocenters. The zero-order valence-electron chi connectivity index (χ0n) is 15.8. The number of methoxy groups -OCH3 is 1. The summed E-state index contributed by atoms with van der Waals surface area (Å²) in [5.41, 5.74) is -0.696. The van der Waals surface area contributed by atoms with Crippen molar-refractivity contribution in [3.63, 3.8) is 0 Å². The van der Waals surface area contributed by atoms with Gasteiger partial charge >= 0.3 is 0 Å². The minimum absolute atomic E-state index is 0.0880. The molecule has 0 aliphatic carbocycles. The highest BCUT2D eigenvalue weighted by Crippen LogP contribution is 2.38. The number of aliphatic hydroxyl groups is 1. The molecule has 0 spiro atoms. The number of rotatable bonds is 5. The fourth-order valence-corrected chi connectivity index (χ4v) is 3.61. The number of carbonyl (C=O) groups excluding carboxylic acids is 2. The molecule has 2 aromatic carbocycles. The van der Waals surface area contributed by atoms with Crippen LogP contribution in [0.4, 0.5) is 10.1 Å². The van der Waals surface area contributed by atoms with Gasteiger partial charge in [0.25, 0.3) is 11.8 Å². The highest BCUT2D eigenvalue weighted by Gasteiger charge is 2.52. The molecule has 1 aliphatic rings. The summed E-state index contributed by atoms with van der Waals surface area (Å²) in [5.74, 6) is -1.83. The third kappa shape index (κ3) is 4.17. The van der Waals surface area contributed by atoms with Crippen LogP contribution in [0.15, 0.2) is 30.3 Å². The van der Waals surface area contributed by atoms with Crippen molar-refractivity contribution < 1.29 is 23.8 Å². The van der Waals surface area contributed by atoms with Crippen LogP contribution in [0.5, 0.6) is 5.75 Å². The van der Waals surface area contributed by atoms with Crippen LogP contribution in [0.3, 0.4) is 0 Å². The van der Waals surface area contributed by atoms with Gasteiger partial charge in [-0.2, -0.15) is 0 Å². The minimum Gasteiger partial charge on any atom is -0.495 e. The zero-order chi connectivity index (χ0) is 21.3. The highest BCUT2D eigenvalue weighted by molar-refractivity contribution is 6.31. The molecule has 0 aromatic heterocycles. The Labute approximate surface area is 177 Å². The predicted molar refractivity (Wildman–Crippen MR) is 108 cm³/mol. The van der Waals surface area contributed by atoms with Crippen molar-refractivity contribution >= 4 is 40.7 Å². The van der Waals surface area contributed by atoms with Crippen LogP contribution >= 0.6 is 23.2 Å². The Kier molecular flexibility index (Phi) is 6.03. The van der Waals surface area contributed by atoms with Crippen LogP contribution in [-0.4, -0.2) is 36.2 Å². The monoisotopic (exact) mass is 440 g/mol. The van der Waals surface area contributed by atoms with Crippen LogP contribution in [-0.2, 0) is 16.1 Å². The SMILES string of the molecule is COc1cc(Cl)c(C)cc1N1CCC(O)(C(=O)NCc2cc(F)cc(Cl)c2)C1=O. The maximum Gasteiger partial charge on any atom is 0.268 e. The molecule has 154 valence electrons. The average molecular weight is 441 g/mol. The molecule has 29 heavy (non-hydrogen) atoms. The van der Waals surface area contributed by atoms with Crippen molar-refractivity contribution in [1.82, 2.24) is 5.32 Å². The Bertz CT molecular complexity index is 965. The highest BCUT2D eigenvalue weighted by atomic mass is 35.5. The summed E-state index contributed by atoms with van der Waals surface area (Å²) >= 11 is 11.9. The number of nitrogens with zero attached hydrogens (tertiary/aromatic N) is 1. The molecule has 6 nitrogen and oxygen atoms in total. The molecule has 0 radical (unpaired) electrons. The molecule has 0 bridgehead atoms.